The van der Waals surface area contributed by atoms with Gasteiger partial charge in [-0.2, -0.15) is 0 Å². The molecule has 96 valence electrons. The van der Waals surface area contributed by atoms with Crippen LogP contribution in [-0.2, 0) is 17.8 Å². The van der Waals surface area contributed by atoms with Crippen molar-refractivity contribution in [1.82, 2.24) is 4.98 Å². The number of hydrogen-bond acceptors (Lipinski definition) is 5. The van der Waals surface area contributed by atoms with Crippen LogP contribution in [0.2, 0.25) is 4.34 Å². The van der Waals surface area contributed by atoms with Crippen LogP contribution in [0.5, 0.6) is 0 Å². The molecule has 7 heteroatoms. The summed E-state index contributed by atoms with van der Waals surface area (Å²) in [5, 5.41) is 14.5. The van der Waals surface area contributed by atoms with Crippen molar-refractivity contribution in [3.05, 3.63) is 32.4 Å². The summed E-state index contributed by atoms with van der Waals surface area (Å²) >= 11 is 8.85. The van der Waals surface area contributed by atoms with E-state index >= 15 is 0 Å². The minimum atomic E-state index is -0.800. The van der Waals surface area contributed by atoms with E-state index in [1.54, 1.807) is 0 Å². The molecule has 0 aliphatic rings. The van der Waals surface area contributed by atoms with Crippen LogP contribution in [0.1, 0.15) is 17.0 Å². The van der Waals surface area contributed by atoms with Gasteiger partial charge in [0.15, 0.2) is 5.13 Å². The molecule has 2 aromatic heterocycles. The minimum absolute atomic E-state index is 0.115. The first-order valence-corrected chi connectivity index (χ1v) is 7.35. The molecule has 0 atom stereocenters. The Labute approximate surface area is 117 Å². The van der Waals surface area contributed by atoms with E-state index in [1.165, 1.54) is 22.7 Å². The summed E-state index contributed by atoms with van der Waals surface area (Å²) < 4.78 is 0.771. The third-order valence-corrected chi connectivity index (χ3v) is 4.27. The number of rotatable bonds is 6. The standard InChI is InChI=1S/C11H11ClN2O2S2/c12-9-3-2-8(18-9)5-13-11-14-7(6-17-11)1-4-10(15)16/h2-3,6H,1,4-5H2,(H,13,14)(H,15,16). The highest BCUT2D eigenvalue weighted by molar-refractivity contribution is 7.16. The van der Waals surface area contributed by atoms with E-state index in [-0.39, 0.29) is 6.42 Å². The average Bonchev–Trinajstić information content (AvgIpc) is 2.93. The van der Waals surface area contributed by atoms with Crippen LogP contribution in [0.3, 0.4) is 0 Å². The normalized spacial score (nSPS) is 10.5. The van der Waals surface area contributed by atoms with Gasteiger partial charge in [0.1, 0.15) is 0 Å². The van der Waals surface area contributed by atoms with Crippen molar-refractivity contribution in [3.63, 3.8) is 0 Å². The lowest BCUT2D eigenvalue weighted by molar-refractivity contribution is -0.136. The Balaban J connectivity index is 1.84. The van der Waals surface area contributed by atoms with Crippen LogP contribution in [0, 0.1) is 0 Å². The zero-order valence-corrected chi connectivity index (χ0v) is 11.7. The van der Waals surface area contributed by atoms with Gasteiger partial charge in [-0.15, -0.1) is 22.7 Å². The van der Waals surface area contributed by atoms with Crippen LogP contribution in [-0.4, -0.2) is 16.1 Å². The predicted molar refractivity (Wildman–Crippen MR) is 74.7 cm³/mol. The molecule has 0 amide bonds. The molecule has 0 aromatic carbocycles. The Bertz CT molecular complexity index is 539. The zero-order valence-electron chi connectivity index (χ0n) is 9.35. The molecule has 0 saturated heterocycles. The molecule has 18 heavy (non-hydrogen) atoms. The average molecular weight is 303 g/mol. The van der Waals surface area contributed by atoms with Crippen molar-refractivity contribution >= 4 is 45.4 Å². The molecule has 4 nitrogen and oxygen atoms in total. The summed E-state index contributed by atoms with van der Waals surface area (Å²) in [7, 11) is 0. The molecule has 0 unspecified atom stereocenters. The highest BCUT2D eigenvalue weighted by Gasteiger charge is 2.05. The summed E-state index contributed by atoms with van der Waals surface area (Å²) in [6.07, 6.45) is 0.585. The Morgan fingerprint density at radius 2 is 2.33 bits per heavy atom. The molecular formula is C11H11ClN2O2S2. The van der Waals surface area contributed by atoms with E-state index in [0.717, 1.165) is 20.0 Å². The Hall–Kier alpha value is -1.11. The molecule has 0 aliphatic heterocycles. The van der Waals surface area contributed by atoms with Crippen LogP contribution in [0.15, 0.2) is 17.5 Å². The van der Waals surface area contributed by atoms with E-state index in [4.69, 9.17) is 16.7 Å². The summed E-state index contributed by atoms with van der Waals surface area (Å²) in [5.41, 5.74) is 0.814. The maximum Gasteiger partial charge on any atom is 0.303 e. The first kappa shape index (κ1) is 13.3. The topological polar surface area (TPSA) is 62.2 Å². The molecule has 0 aliphatic carbocycles. The van der Waals surface area contributed by atoms with E-state index in [0.29, 0.717) is 13.0 Å². The number of thiophene rings is 1. The fourth-order valence-electron chi connectivity index (χ4n) is 1.35. The van der Waals surface area contributed by atoms with Crippen LogP contribution >= 0.6 is 34.3 Å². The number of thiazole rings is 1. The molecule has 0 bridgehead atoms. The zero-order chi connectivity index (χ0) is 13.0. The van der Waals surface area contributed by atoms with Crippen LogP contribution < -0.4 is 5.32 Å². The van der Waals surface area contributed by atoms with Gasteiger partial charge in [-0.3, -0.25) is 4.79 Å². The number of nitrogens with zero attached hydrogens (tertiary/aromatic N) is 1. The number of aromatic nitrogens is 1. The fraction of sp³-hybridized carbons (Fsp3) is 0.273. The van der Waals surface area contributed by atoms with Crippen molar-refractivity contribution in [2.24, 2.45) is 0 Å². The van der Waals surface area contributed by atoms with E-state index in [1.807, 2.05) is 17.5 Å². The van der Waals surface area contributed by atoms with Gasteiger partial charge < -0.3 is 10.4 Å². The summed E-state index contributed by atoms with van der Waals surface area (Å²) in [5.74, 6) is -0.800. The second-order valence-electron chi connectivity index (χ2n) is 3.60. The van der Waals surface area contributed by atoms with Crippen molar-refractivity contribution in [2.75, 3.05) is 5.32 Å². The van der Waals surface area contributed by atoms with Crippen molar-refractivity contribution in [1.29, 1.82) is 0 Å². The van der Waals surface area contributed by atoms with Crippen LogP contribution in [0.4, 0.5) is 5.13 Å². The number of nitrogens with one attached hydrogen (secondary N) is 1. The molecule has 0 radical (unpaired) electrons. The summed E-state index contributed by atoms with van der Waals surface area (Å²) in [4.78, 5) is 15.9. The number of hydrogen-bond donors (Lipinski definition) is 2. The van der Waals surface area contributed by atoms with Gasteiger partial charge in [0, 0.05) is 16.7 Å². The number of anilines is 1. The molecule has 0 saturated carbocycles. The molecule has 2 aromatic rings. The quantitative estimate of drug-likeness (QED) is 0.857. The molecule has 2 rings (SSSR count). The summed E-state index contributed by atoms with van der Waals surface area (Å²) in [6.45, 7) is 0.684. The molecular weight excluding hydrogens is 292 g/mol. The van der Waals surface area contributed by atoms with Gasteiger partial charge in [0.2, 0.25) is 0 Å². The van der Waals surface area contributed by atoms with E-state index in [9.17, 15) is 4.79 Å². The Morgan fingerprint density at radius 3 is 3.00 bits per heavy atom. The number of carbonyl (C=O) groups is 1. The summed E-state index contributed by atoms with van der Waals surface area (Å²) in [6, 6.07) is 3.84. The molecule has 0 spiro atoms. The SMILES string of the molecule is O=C(O)CCc1csc(NCc2ccc(Cl)s2)n1. The highest BCUT2D eigenvalue weighted by Crippen LogP contribution is 2.23. The Morgan fingerprint density at radius 1 is 1.50 bits per heavy atom. The number of halogens is 1. The van der Waals surface area contributed by atoms with Gasteiger partial charge >= 0.3 is 5.97 Å². The van der Waals surface area contributed by atoms with Gasteiger partial charge in [-0.05, 0) is 12.1 Å². The van der Waals surface area contributed by atoms with Crippen molar-refractivity contribution in [2.45, 2.75) is 19.4 Å². The monoisotopic (exact) mass is 302 g/mol. The molecule has 2 N–H and O–H groups in total. The largest absolute Gasteiger partial charge is 0.481 e. The number of carboxylic acids is 1. The third-order valence-electron chi connectivity index (χ3n) is 2.19. The predicted octanol–water partition coefficient (Wildman–Crippen LogP) is 3.49. The maximum absolute atomic E-state index is 10.4. The first-order valence-electron chi connectivity index (χ1n) is 5.28. The first-order chi connectivity index (χ1) is 8.63. The second kappa shape index (κ2) is 6.17. The number of aliphatic carboxylic acids is 1. The lowest BCUT2D eigenvalue weighted by Crippen LogP contribution is -1.99. The highest BCUT2D eigenvalue weighted by atomic mass is 35.5. The van der Waals surface area contributed by atoms with Crippen molar-refractivity contribution in [3.8, 4) is 0 Å². The van der Waals surface area contributed by atoms with Gasteiger partial charge in [0.05, 0.1) is 23.0 Å². The van der Waals surface area contributed by atoms with Gasteiger partial charge in [-0.25, -0.2) is 4.98 Å². The lowest BCUT2D eigenvalue weighted by Gasteiger charge is -1.98. The van der Waals surface area contributed by atoms with Gasteiger partial charge in [-0.1, -0.05) is 11.6 Å². The second-order valence-corrected chi connectivity index (χ2v) is 6.25. The molecule has 0 fully saturated rings. The van der Waals surface area contributed by atoms with Crippen molar-refractivity contribution < 1.29 is 9.90 Å². The fourth-order valence-corrected chi connectivity index (χ4v) is 3.12. The lowest BCUT2D eigenvalue weighted by atomic mass is 10.2. The molecule has 2 heterocycles. The maximum atomic E-state index is 10.4. The minimum Gasteiger partial charge on any atom is -0.481 e. The van der Waals surface area contributed by atoms with E-state index in [2.05, 4.69) is 10.3 Å². The van der Waals surface area contributed by atoms with Gasteiger partial charge in [0.25, 0.3) is 0 Å². The number of aryl methyl sites for hydroxylation is 1. The van der Waals surface area contributed by atoms with Crippen LogP contribution in [0.25, 0.3) is 0 Å². The smallest absolute Gasteiger partial charge is 0.303 e. The van der Waals surface area contributed by atoms with E-state index < -0.39 is 5.97 Å². The third kappa shape index (κ3) is 3.97. The Kier molecular flexibility index (Phi) is 4.57. The number of carboxylic acid groups (broad SMARTS) is 1.